The second-order valence-electron chi connectivity index (χ2n) is 5.58. The van der Waals surface area contributed by atoms with Crippen molar-refractivity contribution in [2.75, 3.05) is 27.2 Å². The van der Waals surface area contributed by atoms with Crippen LogP contribution in [0.25, 0.3) is 0 Å². The third-order valence-electron chi connectivity index (χ3n) is 4.21. The maximum absolute atomic E-state index is 12.4. The highest BCUT2D eigenvalue weighted by atomic mass is 16.2. The zero-order valence-corrected chi connectivity index (χ0v) is 11.9. The molecule has 1 saturated heterocycles. The van der Waals surface area contributed by atoms with E-state index >= 15 is 0 Å². The minimum atomic E-state index is -0.666. The van der Waals surface area contributed by atoms with E-state index in [-0.39, 0.29) is 5.91 Å². The third-order valence-corrected chi connectivity index (χ3v) is 4.21. The van der Waals surface area contributed by atoms with E-state index in [1.165, 1.54) is 0 Å². The molecule has 0 bridgehead atoms. The molecule has 0 spiro atoms. The van der Waals surface area contributed by atoms with Gasteiger partial charge in [0.1, 0.15) is 0 Å². The number of likely N-dealkylation sites (N-methyl/N-ethyl adjacent to an activating group) is 1. The lowest BCUT2D eigenvalue weighted by Crippen LogP contribution is -2.54. The lowest BCUT2D eigenvalue weighted by Gasteiger charge is -2.31. The second-order valence-corrected chi connectivity index (χ2v) is 5.58. The molecule has 4 heteroatoms. The first-order valence-electron chi connectivity index (χ1n) is 6.60. The van der Waals surface area contributed by atoms with Crippen molar-refractivity contribution in [3.05, 3.63) is 0 Å². The van der Waals surface area contributed by atoms with Crippen LogP contribution in [0.2, 0.25) is 0 Å². The van der Waals surface area contributed by atoms with Gasteiger partial charge in [0.15, 0.2) is 0 Å². The fourth-order valence-corrected chi connectivity index (χ4v) is 2.66. The molecular formula is C13H27N3O. The lowest BCUT2D eigenvalue weighted by atomic mass is 9.92. The summed E-state index contributed by atoms with van der Waals surface area (Å²) < 4.78 is 0. The van der Waals surface area contributed by atoms with Crippen molar-refractivity contribution >= 4 is 5.91 Å². The molecule has 100 valence electrons. The first-order valence-corrected chi connectivity index (χ1v) is 6.60. The molecule has 0 aromatic carbocycles. The van der Waals surface area contributed by atoms with E-state index in [4.69, 9.17) is 5.73 Å². The molecule has 0 aromatic rings. The Morgan fingerprint density at radius 2 is 1.88 bits per heavy atom. The molecule has 2 N–H and O–H groups in total. The molecule has 1 fully saturated rings. The van der Waals surface area contributed by atoms with Gasteiger partial charge in [0, 0.05) is 19.1 Å². The minimum Gasteiger partial charge on any atom is -0.339 e. The smallest absolute Gasteiger partial charge is 0.242 e. The topological polar surface area (TPSA) is 49.6 Å². The van der Waals surface area contributed by atoms with E-state index in [1.807, 2.05) is 18.7 Å². The lowest BCUT2D eigenvalue weighted by molar-refractivity contribution is -0.136. The van der Waals surface area contributed by atoms with Crippen molar-refractivity contribution in [2.24, 2.45) is 11.7 Å². The van der Waals surface area contributed by atoms with Gasteiger partial charge in [-0.2, -0.15) is 0 Å². The molecule has 1 aliphatic heterocycles. The molecule has 0 aliphatic carbocycles. The number of likely N-dealkylation sites (tertiary alicyclic amines) is 1. The van der Waals surface area contributed by atoms with Gasteiger partial charge in [0.05, 0.1) is 5.54 Å². The molecule has 0 saturated carbocycles. The number of amides is 1. The second kappa shape index (κ2) is 5.36. The Balaban J connectivity index is 2.74. The molecule has 2 atom stereocenters. The molecule has 2 unspecified atom stereocenters. The van der Waals surface area contributed by atoms with Crippen LogP contribution in [-0.4, -0.2) is 54.5 Å². The Kier molecular flexibility index (Phi) is 4.55. The Morgan fingerprint density at radius 3 is 2.24 bits per heavy atom. The molecule has 1 rings (SSSR count). The first kappa shape index (κ1) is 14.5. The van der Waals surface area contributed by atoms with Crippen LogP contribution >= 0.6 is 0 Å². The standard InChI is InChI=1S/C13H27N3O/c1-6-13(14,7-2)12(17)16-8-10(3)11(9-16)15(4)5/h10-11H,6-9,14H2,1-5H3. The maximum atomic E-state index is 12.4. The average molecular weight is 241 g/mol. The molecule has 1 amide bonds. The van der Waals surface area contributed by atoms with E-state index in [1.54, 1.807) is 0 Å². The van der Waals surface area contributed by atoms with Crippen molar-refractivity contribution in [1.29, 1.82) is 0 Å². The van der Waals surface area contributed by atoms with Gasteiger partial charge < -0.3 is 15.5 Å². The number of rotatable bonds is 4. The summed E-state index contributed by atoms with van der Waals surface area (Å²) in [6, 6.07) is 0.455. The number of carbonyl (C=O) groups is 1. The normalized spacial score (nSPS) is 25.7. The summed E-state index contributed by atoms with van der Waals surface area (Å²) in [5.41, 5.74) is 5.52. The molecule has 0 radical (unpaired) electrons. The highest BCUT2D eigenvalue weighted by Crippen LogP contribution is 2.24. The SMILES string of the molecule is CCC(N)(CC)C(=O)N1CC(C)C(N(C)C)C1. The Hall–Kier alpha value is -0.610. The number of hydrogen-bond donors (Lipinski definition) is 1. The van der Waals surface area contributed by atoms with E-state index < -0.39 is 5.54 Å². The van der Waals surface area contributed by atoms with Crippen molar-refractivity contribution in [3.63, 3.8) is 0 Å². The summed E-state index contributed by atoms with van der Waals surface area (Å²) in [4.78, 5) is 16.6. The fraction of sp³-hybridized carbons (Fsp3) is 0.923. The molecular weight excluding hydrogens is 214 g/mol. The molecule has 0 aromatic heterocycles. The van der Waals surface area contributed by atoms with E-state index in [9.17, 15) is 4.79 Å². The van der Waals surface area contributed by atoms with Gasteiger partial charge in [-0.05, 0) is 32.9 Å². The van der Waals surface area contributed by atoms with E-state index in [2.05, 4.69) is 25.9 Å². The minimum absolute atomic E-state index is 0.124. The molecule has 4 nitrogen and oxygen atoms in total. The number of nitrogens with two attached hydrogens (primary N) is 1. The molecule has 1 heterocycles. The van der Waals surface area contributed by atoms with Gasteiger partial charge in [-0.3, -0.25) is 4.79 Å². The van der Waals surface area contributed by atoms with Crippen LogP contribution in [-0.2, 0) is 4.79 Å². The number of nitrogens with zero attached hydrogens (tertiary/aromatic N) is 2. The van der Waals surface area contributed by atoms with Crippen LogP contribution in [0.3, 0.4) is 0 Å². The highest BCUT2D eigenvalue weighted by molar-refractivity contribution is 5.86. The third kappa shape index (κ3) is 2.80. The van der Waals surface area contributed by atoms with Crippen LogP contribution in [0.15, 0.2) is 0 Å². The number of hydrogen-bond acceptors (Lipinski definition) is 3. The van der Waals surface area contributed by atoms with Gasteiger partial charge in [0.2, 0.25) is 5.91 Å². The largest absolute Gasteiger partial charge is 0.339 e. The predicted octanol–water partition coefficient (Wildman–Crippen LogP) is 0.912. The van der Waals surface area contributed by atoms with Gasteiger partial charge in [0.25, 0.3) is 0 Å². The summed E-state index contributed by atoms with van der Waals surface area (Å²) in [5.74, 6) is 0.644. The summed E-state index contributed by atoms with van der Waals surface area (Å²) in [6.07, 6.45) is 1.42. The van der Waals surface area contributed by atoms with Crippen LogP contribution < -0.4 is 5.73 Å². The van der Waals surface area contributed by atoms with Gasteiger partial charge in [-0.25, -0.2) is 0 Å². The summed E-state index contributed by atoms with van der Waals surface area (Å²) >= 11 is 0. The monoisotopic (exact) mass is 241 g/mol. The van der Waals surface area contributed by atoms with Crippen molar-refractivity contribution < 1.29 is 4.79 Å². The first-order chi connectivity index (χ1) is 7.85. The van der Waals surface area contributed by atoms with Crippen LogP contribution in [0.4, 0.5) is 0 Å². The summed E-state index contributed by atoms with van der Waals surface area (Å²) in [7, 11) is 4.15. The van der Waals surface area contributed by atoms with Crippen molar-refractivity contribution in [2.45, 2.75) is 45.2 Å². The van der Waals surface area contributed by atoms with Crippen molar-refractivity contribution in [3.8, 4) is 0 Å². The Morgan fingerprint density at radius 1 is 1.35 bits per heavy atom. The van der Waals surface area contributed by atoms with Gasteiger partial charge >= 0.3 is 0 Å². The maximum Gasteiger partial charge on any atom is 0.242 e. The van der Waals surface area contributed by atoms with Crippen LogP contribution in [0, 0.1) is 5.92 Å². The predicted molar refractivity (Wildman–Crippen MR) is 70.7 cm³/mol. The highest BCUT2D eigenvalue weighted by Gasteiger charge is 2.40. The van der Waals surface area contributed by atoms with Gasteiger partial charge in [-0.1, -0.05) is 20.8 Å². The molecule has 17 heavy (non-hydrogen) atoms. The zero-order chi connectivity index (χ0) is 13.2. The summed E-state index contributed by atoms with van der Waals surface area (Å²) in [6.45, 7) is 7.83. The number of carbonyl (C=O) groups excluding carboxylic acids is 1. The molecule has 1 aliphatic rings. The van der Waals surface area contributed by atoms with E-state index in [0.717, 1.165) is 13.1 Å². The Bertz CT molecular complexity index is 274. The quantitative estimate of drug-likeness (QED) is 0.796. The van der Waals surface area contributed by atoms with Crippen molar-refractivity contribution in [1.82, 2.24) is 9.80 Å². The van der Waals surface area contributed by atoms with Crippen LogP contribution in [0.5, 0.6) is 0 Å². The summed E-state index contributed by atoms with van der Waals surface area (Å²) in [5, 5.41) is 0. The Labute approximate surface area is 105 Å². The van der Waals surface area contributed by atoms with Crippen LogP contribution in [0.1, 0.15) is 33.6 Å². The van der Waals surface area contributed by atoms with Gasteiger partial charge in [-0.15, -0.1) is 0 Å². The van der Waals surface area contributed by atoms with E-state index in [0.29, 0.717) is 24.8 Å². The zero-order valence-electron chi connectivity index (χ0n) is 11.9. The average Bonchev–Trinajstić information content (AvgIpc) is 2.69. The fourth-order valence-electron chi connectivity index (χ4n) is 2.66.